The van der Waals surface area contributed by atoms with Gasteiger partial charge in [0.25, 0.3) is 11.8 Å². The van der Waals surface area contributed by atoms with Crippen molar-refractivity contribution in [3.8, 4) is 0 Å². The molecular weight excluding hydrogens is 372 g/mol. The van der Waals surface area contributed by atoms with Gasteiger partial charge in [-0.3, -0.25) is 19.2 Å². The Kier molecular flexibility index (Phi) is 8.10. The Bertz CT molecular complexity index is 699. The van der Waals surface area contributed by atoms with Gasteiger partial charge in [0.1, 0.15) is 0 Å². The molecule has 0 bridgehead atoms. The maximum atomic E-state index is 11.5. The van der Waals surface area contributed by atoms with Gasteiger partial charge in [0.2, 0.25) is 0 Å². The zero-order chi connectivity index (χ0) is 20.0. The summed E-state index contributed by atoms with van der Waals surface area (Å²) in [7, 11) is 3.35. The molecule has 0 aromatic carbocycles. The molecule has 140 valence electrons. The second-order valence-electron chi connectivity index (χ2n) is 5.66. The molecule has 0 aromatic heterocycles. The van der Waals surface area contributed by atoms with E-state index in [4.69, 9.17) is 0 Å². The summed E-state index contributed by atoms with van der Waals surface area (Å²) in [5, 5.41) is 3.59. The van der Waals surface area contributed by atoms with Crippen LogP contribution < -0.4 is 0 Å². The van der Waals surface area contributed by atoms with E-state index in [1.54, 1.807) is 51.2 Å². The lowest BCUT2D eigenvalue weighted by atomic mass is 10.2. The summed E-state index contributed by atoms with van der Waals surface area (Å²) in [6, 6.07) is 0. The van der Waals surface area contributed by atoms with Gasteiger partial charge in [-0.05, 0) is 38.5 Å². The lowest BCUT2D eigenvalue weighted by Crippen LogP contribution is -2.25. The first-order valence-electron chi connectivity index (χ1n) is 7.72. The number of likely N-dealkylation sites (N-methyl/N-ethyl adjacent to an activating group) is 2. The average Bonchev–Trinajstić information content (AvgIpc) is 2.59. The van der Waals surface area contributed by atoms with E-state index < -0.39 is 0 Å². The highest BCUT2D eigenvalue weighted by Crippen LogP contribution is 2.28. The zero-order valence-electron chi connectivity index (χ0n) is 15.7. The summed E-state index contributed by atoms with van der Waals surface area (Å²) < 4.78 is 0. The fourth-order valence-electron chi connectivity index (χ4n) is 1.75. The van der Waals surface area contributed by atoms with Crippen LogP contribution in [0.3, 0.4) is 0 Å². The van der Waals surface area contributed by atoms with E-state index in [0.717, 1.165) is 0 Å². The van der Waals surface area contributed by atoms with Gasteiger partial charge in [-0.2, -0.15) is 0 Å². The van der Waals surface area contributed by atoms with Gasteiger partial charge in [0, 0.05) is 37.6 Å². The van der Waals surface area contributed by atoms with Crippen LogP contribution in [0.2, 0.25) is 0 Å². The minimum absolute atomic E-state index is 0.0560. The highest BCUT2D eigenvalue weighted by Gasteiger charge is 2.21. The van der Waals surface area contributed by atoms with Crippen molar-refractivity contribution in [2.75, 3.05) is 14.1 Å². The number of carbonyl (C=O) groups excluding carboxylic acids is 4. The van der Waals surface area contributed by atoms with Gasteiger partial charge in [0.15, 0.2) is 11.6 Å². The predicted octanol–water partition coefficient (Wildman–Crippen LogP) is 3.05. The molecule has 2 heterocycles. The first-order valence-corrected chi connectivity index (χ1v) is 9.48. The molecule has 6 nitrogen and oxygen atoms in total. The first kappa shape index (κ1) is 22.0. The summed E-state index contributed by atoms with van der Waals surface area (Å²) in [5.74, 6) is -0.334. The molecular formula is C18H22N2O4S2. The van der Waals surface area contributed by atoms with Gasteiger partial charge in [-0.25, -0.2) is 0 Å². The Morgan fingerprint density at radius 1 is 0.731 bits per heavy atom. The fourth-order valence-corrected chi connectivity index (χ4v) is 3.64. The molecule has 0 aliphatic carbocycles. The van der Waals surface area contributed by atoms with Crippen LogP contribution in [0.25, 0.3) is 0 Å². The van der Waals surface area contributed by atoms with E-state index in [9.17, 15) is 19.2 Å². The molecule has 0 spiro atoms. The van der Waals surface area contributed by atoms with Gasteiger partial charge < -0.3 is 9.80 Å². The lowest BCUT2D eigenvalue weighted by Gasteiger charge is -2.18. The average molecular weight is 395 g/mol. The van der Waals surface area contributed by atoms with Crippen molar-refractivity contribution in [2.24, 2.45) is 0 Å². The summed E-state index contributed by atoms with van der Waals surface area (Å²) in [5.41, 5.74) is 1.07. The number of hydrogen-bond donors (Lipinski definition) is 0. The number of allylic oxidation sites excluding steroid dienone is 2. The monoisotopic (exact) mass is 394 g/mol. The molecule has 0 aromatic rings. The first-order chi connectivity index (χ1) is 12.1. The van der Waals surface area contributed by atoms with Crippen LogP contribution in [-0.4, -0.2) is 47.3 Å². The Hall–Kier alpha value is -2.06. The molecule has 0 unspecified atom stereocenters. The molecule has 26 heavy (non-hydrogen) atoms. The molecule has 2 rings (SSSR count). The van der Waals surface area contributed by atoms with E-state index in [1.165, 1.54) is 47.2 Å². The van der Waals surface area contributed by atoms with Crippen LogP contribution >= 0.6 is 23.5 Å². The zero-order valence-corrected chi connectivity index (χ0v) is 17.3. The second-order valence-corrected chi connectivity index (χ2v) is 7.49. The van der Waals surface area contributed by atoms with Crippen molar-refractivity contribution < 1.29 is 19.2 Å². The highest BCUT2D eigenvalue weighted by atomic mass is 32.2. The van der Waals surface area contributed by atoms with Crippen LogP contribution in [0, 0.1) is 0 Å². The molecule has 2 amide bonds. The molecule has 2 aliphatic heterocycles. The van der Waals surface area contributed by atoms with Crippen LogP contribution in [0.15, 0.2) is 44.2 Å². The van der Waals surface area contributed by atoms with Crippen molar-refractivity contribution in [1.29, 1.82) is 0 Å². The van der Waals surface area contributed by atoms with Crippen molar-refractivity contribution in [3.63, 3.8) is 0 Å². The molecule has 0 saturated carbocycles. The van der Waals surface area contributed by atoms with Crippen LogP contribution in [0.1, 0.15) is 27.7 Å². The number of hydrogen-bond acceptors (Lipinski definition) is 6. The highest BCUT2D eigenvalue weighted by molar-refractivity contribution is 8.07. The van der Waals surface area contributed by atoms with E-state index >= 15 is 0 Å². The Morgan fingerprint density at radius 3 is 1.31 bits per heavy atom. The smallest absolute Gasteiger partial charge is 0.264 e. The van der Waals surface area contributed by atoms with Gasteiger partial charge in [-0.15, -0.1) is 0 Å². The van der Waals surface area contributed by atoms with Crippen LogP contribution in [-0.2, 0) is 19.2 Å². The largest absolute Gasteiger partial charge is 0.317 e. The van der Waals surface area contributed by atoms with Crippen molar-refractivity contribution in [1.82, 2.24) is 9.80 Å². The minimum Gasteiger partial charge on any atom is -0.317 e. The van der Waals surface area contributed by atoms with Crippen molar-refractivity contribution in [2.45, 2.75) is 27.7 Å². The summed E-state index contributed by atoms with van der Waals surface area (Å²) >= 11 is 2.60. The summed E-state index contributed by atoms with van der Waals surface area (Å²) in [6.45, 7) is 6.29. The number of Topliss-reactive ketones (excluding diaryl/α,β-unsaturated/α-hetero) is 2. The van der Waals surface area contributed by atoms with Crippen molar-refractivity contribution >= 4 is 46.9 Å². The summed E-state index contributed by atoms with van der Waals surface area (Å²) in [4.78, 5) is 49.1. The second kappa shape index (κ2) is 9.59. The minimum atomic E-state index is -0.111. The molecule has 0 fully saturated rings. The lowest BCUT2D eigenvalue weighted by molar-refractivity contribution is -0.124. The number of carbonyl (C=O) groups is 4. The molecule has 0 radical (unpaired) electrons. The number of amides is 2. The maximum absolute atomic E-state index is 11.5. The molecule has 0 saturated heterocycles. The van der Waals surface area contributed by atoms with Crippen molar-refractivity contribution in [3.05, 3.63) is 44.2 Å². The molecule has 0 atom stereocenters. The van der Waals surface area contributed by atoms with E-state index in [2.05, 4.69) is 0 Å². The Morgan fingerprint density at radius 2 is 1.04 bits per heavy atom. The number of rotatable bonds is 2. The Balaban J connectivity index is 0.000000260. The number of ketones is 2. The fraction of sp³-hybridized carbons (Fsp3) is 0.333. The van der Waals surface area contributed by atoms with Gasteiger partial charge >= 0.3 is 0 Å². The predicted molar refractivity (Wildman–Crippen MR) is 106 cm³/mol. The summed E-state index contributed by atoms with van der Waals surface area (Å²) in [6.07, 6.45) is 3.37. The third-order valence-electron chi connectivity index (χ3n) is 3.71. The molecule has 8 heteroatoms. The van der Waals surface area contributed by atoms with E-state index in [-0.39, 0.29) is 23.4 Å². The molecule has 0 N–H and O–H groups in total. The molecule has 2 aliphatic rings. The topological polar surface area (TPSA) is 74.8 Å². The number of nitrogens with zero attached hydrogens (tertiary/aromatic N) is 2. The van der Waals surface area contributed by atoms with Crippen LogP contribution in [0.4, 0.5) is 0 Å². The standard InChI is InChI=1S/2C9H11NO2S/c2*1-6(7(2)11)8-9(12)10(3)4-5-13-8/h2*4-5H,1-3H3/b8-6+;8-6-. The third kappa shape index (κ3) is 5.47. The van der Waals surface area contributed by atoms with Crippen LogP contribution in [0.5, 0.6) is 0 Å². The van der Waals surface area contributed by atoms with Gasteiger partial charge in [-0.1, -0.05) is 23.5 Å². The SMILES string of the molecule is CC(=O)/C(C)=C1/SC=CN(C)C1=O.CC(=O)/C(C)=C1\SC=CN(C)C1=O. The third-order valence-corrected chi connectivity index (χ3v) is 5.66. The van der Waals surface area contributed by atoms with Gasteiger partial charge in [0.05, 0.1) is 9.81 Å². The van der Waals surface area contributed by atoms with E-state index in [1.807, 2.05) is 0 Å². The maximum Gasteiger partial charge on any atom is 0.264 e. The van der Waals surface area contributed by atoms with E-state index in [0.29, 0.717) is 21.0 Å². The quantitative estimate of drug-likeness (QED) is 0.670. The number of thioether (sulfide) groups is 2. The Labute approximate surface area is 162 Å². The normalized spacial score (nSPS) is 20.5.